The Morgan fingerprint density at radius 1 is 1.14 bits per heavy atom. The third-order valence-corrected chi connectivity index (χ3v) is 5.49. The van der Waals surface area contributed by atoms with E-state index >= 15 is 0 Å². The van der Waals surface area contributed by atoms with Crippen LogP contribution in [0.2, 0.25) is 0 Å². The Labute approximate surface area is 168 Å². The van der Waals surface area contributed by atoms with Crippen molar-refractivity contribution in [3.05, 3.63) is 71.0 Å². The molecule has 4 rings (SSSR count). The Bertz CT molecular complexity index is 945. The predicted molar refractivity (Wildman–Crippen MR) is 104 cm³/mol. The summed E-state index contributed by atoms with van der Waals surface area (Å²) < 4.78 is 13.7. The van der Waals surface area contributed by atoms with Gasteiger partial charge in [-0.2, -0.15) is 0 Å². The molecule has 0 radical (unpaired) electrons. The first-order valence-corrected chi connectivity index (χ1v) is 9.71. The molecule has 3 amide bonds. The van der Waals surface area contributed by atoms with E-state index in [0.717, 1.165) is 11.1 Å². The number of benzene rings is 2. The lowest BCUT2D eigenvalue weighted by Crippen LogP contribution is -2.48. The molecule has 0 bridgehead atoms. The summed E-state index contributed by atoms with van der Waals surface area (Å²) in [6.07, 6.45) is 0.668. The third-order valence-electron chi connectivity index (χ3n) is 5.49. The van der Waals surface area contributed by atoms with Gasteiger partial charge >= 0.3 is 0 Å². The lowest BCUT2D eigenvalue weighted by Gasteiger charge is -2.36. The molecular weight excluding hydrogens is 373 g/mol. The summed E-state index contributed by atoms with van der Waals surface area (Å²) in [6, 6.07) is 13.2. The van der Waals surface area contributed by atoms with Crippen molar-refractivity contribution in [2.45, 2.75) is 18.9 Å². The van der Waals surface area contributed by atoms with Gasteiger partial charge < -0.3 is 10.2 Å². The van der Waals surface area contributed by atoms with Crippen LogP contribution in [0.25, 0.3) is 0 Å². The normalized spacial score (nSPS) is 21.9. The van der Waals surface area contributed by atoms with Gasteiger partial charge in [0, 0.05) is 31.6 Å². The van der Waals surface area contributed by atoms with Crippen LogP contribution >= 0.6 is 0 Å². The number of hydrogen-bond acceptors (Lipinski definition) is 4. The number of nitrogens with one attached hydrogen (secondary N) is 2. The lowest BCUT2D eigenvalue weighted by atomic mass is 9.96. The number of imide groups is 1. The van der Waals surface area contributed by atoms with Crippen molar-refractivity contribution < 1.29 is 18.8 Å². The molecule has 2 N–H and O–H groups in total. The predicted octanol–water partition coefficient (Wildman–Crippen LogP) is 1.82. The third kappa shape index (κ3) is 4.19. The first-order valence-electron chi connectivity index (χ1n) is 9.71. The van der Waals surface area contributed by atoms with Crippen molar-refractivity contribution in [2.24, 2.45) is 5.92 Å². The Balaban J connectivity index is 1.49. The number of rotatable bonds is 4. The van der Waals surface area contributed by atoms with Crippen molar-refractivity contribution in [1.82, 2.24) is 15.5 Å². The molecule has 2 aliphatic heterocycles. The number of piperazine rings is 1. The van der Waals surface area contributed by atoms with Crippen molar-refractivity contribution in [3.8, 4) is 0 Å². The van der Waals surface area contributed by atoms with Gasteiger partial charge in [-0.1, -0.05) is 24.3 Å². The fourth-order valence-corrected chi connectivity index (χ4v) is 3.96. The lowest BCUT2D eigenvalue weighted by molar-refractivity contribution is -0.125. The van der Waals surface area contributed by atoms with Crippen LogP contribution in [0.15, 0.2) is 48.5 Å². The number of carbonyl (C=O) groups excluding carboxylic acids is 3. The second kappa shape index (κ2) is 8.13. The smallest absolute Gasteiger partial charge is 0.254 e. The van der Waals surface area contributed by atoms with E-state index < -0.39 is 0 Å². The molecule has 29 heavy (non-hydrogen) atoms. The second-order valence-electron chi connectivity index (χ2n) is 7.49. The van der Waals surface area contributed by atoms with Gasteiger partial charge in [0.1, 0.15) is 5.82 Å². The second-order valence-corrected chi connectivity index (χ2v) is 7.49. The van der Waals surface area contributed by atoms with E-state index in [9.17, 15) is 18.8 Å². The van der Waals surface area contributed by atoms with Gasteiger partial charge in [0.15, 0.2) is 0 Å². The van der Waals surface area contributed by atoms with Gasteiger partial charge in [-0.3, -0.25) is 19.7 Å². The molecule has 2 aromatic carbocycles. The molecular formula is C22H22FN3O3. The van der Waals surface area contributed by atoms with E-state index in [2.05, 4.69) is 10.6 Å². The SMILES string of the molecule is O=C1CC(Cc2ccc(C(=O)N3CCNCC3c3cccc(F)c3)cc2)C(=O)N1. The van der Waals surface area contributed by atoms with Crippen LogP contribution < -0.4 is 10.6 Å². The average molecular weight is 395 g/mol. The Morgan fingerprint density at radius 3 is 2.62 bits per heavy atom. The summed E-state index contributed by atoms with van der Waals surface area (Å²) in [5, 5.41) is 5.58. The fourth-order valence-electron chi connectivity index (χ4n) is 3.96. The van der Waals surface area contributed by atoms with Crippen LogP contribution in [0.4, 0.5) is 4.39 Å². The molecule has 2 unspecified atom stereocenters. The Kier molecular flexibility index (Phi) is 5.40. The van der Waals surface area contributed by atoms with Crippen LogP contribution in [-0.2, 0) is 16.0 Å². The van der Waals surface area contributed by atoms with Crippen molar-refractivity contribution >= 4 is 17.7 Å². The molecule has 0 saturated carbocycles. The first kappa shape index (κ1) is 19.3. The quantitative estimate of drug-likeness (QED) is 0.774. The standard InChI is InChI=1S/C22H22FN3O3/c23-18-3-1-2-16(11-18)19-13-24-8-9-26(19)22(29)15-6-4-14(5-7-15)10-17-12-20(27)25-21(17)28/h1-7,11,17,19,24H,8-10,12-13H2,(H,25,27,28). The zero-order valence-corrected chi connectivity index (χ0v) is 15.9. The van der Waals surface area contributed by atoms with Gasteiger partial charge in [0.2, 0.25) is 11.8 Å². The molecule has 2 aliphatic rings. The van der Waals surface area contributed by atoms with E-state index in [0.29, 0.717) is 31.6 Å². The minimum atomic E-state index is -0.352. The monoisotopic (exact) mass is 395 g/mol. The molecule has 2 aromatic rings. The zero-order chi connectivity index (χ0) is 20.4. The van der Waals surface area contributed by atoms with Gasteiger partial charge in [0.05, 0.1) is 12.0 Å². The van der Waals surface area contributed by atoms with Crippen LogP contribution in [0.5, 0.6) is 0 Å². The minimum Gasteiger partial charge on any atom is -0.329 e. The number of carbonyl (C=O) groups is 3. The maximum atomic E-state index is 13.7. The molecule has 2 saturated heterocycles. The number of halogens is 1. The van der Waals surface area contributed by atoms with E-state index in [-0.39, 0.29) is 41.9 Å². The number of nitrogens with zero attached hydrogens (tertiary/aromatic N) is 1. The Morgan fingerprint density at radius 2 is 1.93 bits per heavy atom. The molecule has 0 aliphatic carbocycles. The highest BCUT2D eigenvalue weighted by atomic mass is 19.1. The van der Waals surface area contributed by atoms with E-state index in [1.54, 1.807) is 23.1 Å². The van der Waals surface area contributed by atoms with E-state index in [1.807, 2.05) is 18.2 Å². The summed E-state index contributed by atoms with van der Waals surface area (Å²) in [5.74, 6) is -1.27. The fraction of sp³-hybridized carbons (Fsp3) is 0.318. The summed E-state index contributed by atoms with van der Waals surface area (Å²) >= 11 is 0. The molecule has 6 nitrogen and oxygen atoms in total. The molecule has 0 aromatic heterocycles. The van der Waals surface area contributed by atoms with Gasteiger partial charge in [-0.15, -0.1) is 0 Å². The number of hydrogen-bond donors (Lipinski definition) is 2. The van der Waals surface area contributed by atoms with E-state index in [1.165, 1.54) is 12.1 Å². The summed E-state index contributed by atoms with van der Waals surface area (Å²) in [5.41, 5.74) is 2.21. The minimum absolute atomic E-state index is 0.110. The van der Waals surface area contributed by atoms with Gasteiger partial charge in [-0.25, -0.2) is 4.39 Å². The van der Waals surface area contributed by atoms with Crippen LogP contribution in [0.3, 0.4) is 0 Å². The first-order chi connectivity index (χ1) is 14.0. The van der Waals surface area contributed by atoms with Crippen LogP contribution in [0.1, 0.15) is 33.9 Å². The molecule has 2 fully saturated rings. The summed E-state index contributed by atoms with van der Waals surface area (Å²) in [6.45, 7) is 1.78. The molecule has 0 spiro atoms. The maximum Gasteiger partial charge on any atom is 0.254 e. The molecule has 7 heteroatoms. The summed E-state index contributed by atoms with van der Waals surface area (Å²) in [7, 11) is 0. The topological polar surface area (TPSA) is 78.5 Å². The van der Waals surface area contributed by atoms with Crippen molar-refractivity contribution in [3.63, 3.8) is 0 Å². The van der Waals surface area contributed by atoms with Gasteiger partial charge in [0.25, 0.3) is 5.91 Å². The molecule has 2 heterocycles. The highest BCUT2D eigenvalue weighted by Gasteiger charge is 2.31. The maximum absolute atomic E-state index is 13.7. The average Bonchev–Trinajstić information content (AvgIpc) is 3.04. The van der Waals surface area contributed by atoms with Gasteiger partial charge in [-0.05, 0) is 41.8 Å². The van der Waals surface area contributed by atoms with Crippen molar-refractivity contribution in [1.29, 1.82) is 0 Å². The Hall–Kier alpha value is -3.06. The highest BCUT2D eigenvalue weighted by molar-refractivity contribution is 6.03. The summed E-state index contributed by atoms with van der Waals surface area (Å²) in [4.78, 5) is 38.0. The number of amides is 3. The van der Waals surface area contributed by atoms with E-state index in [4.69, 9.17) is 0 Å². The highest BCUT2D eigenvalue weighted by Crippen LogP contribution is 2.25. The van der Waals surface area contributed by atoms with Crippen LogP contribution in [-0.4, -0.2) is 42.3 Å². The van der Waals surface area contributed by atoms with Crippen molar-refractivity contribution in [2.75, 3.05) is 19.6 Å². The molecule has 2 atom stereocenters. The largest absolute Gasteiger partial charge is 0.329 e. The van der Waals surface area contributed by atoms with Crippen LogP contribution in [0, 0.1) is 11.7 Å². The zero-order valence-electron chi connectivity index (χ0n) is 15.9. The molecule has 150 valence electrons.